The molecule has 7 heteroatoms. The number of hydrogen-bond acceptors (Lipinski definition) is 4. The van der Waals surface area contributed by atoms with Crippen LogP contribution in [0.4, 0.5) is 4.39 Å². The molecule has 1 amide bonds. The van der Waals surface area contributed by atoms with Crippen LogP contribution in [-0.4, -0.2) is 40.0 Å². The van der Waals surface area contributed by atoms with Crippen LogP contribution >= 0.6 is 11.3 Å². The summed E-state index contributed by atoms with van der Waals surface area (Å²) in [5.41, 5.74) is 1.47. The number of thiophene rings is 1. The summed E-state index contributed by atoms with van der Waals surface area (Å²) in [5, 5.41) is 1.59. The molecule has 3 heterocycles. The maximum Gasteiger partial charge on any atom is 0.265 e. The Morgan fingerprint density at radius 3 is 2.66 bits per heavy atom. The van der Waals surface area contributed by atoms with Crippen molar-refractivity contribution >= 4 is 38.2 Å². The highest BCUT2D eigenvalue weighted by Crippen LogP contribution is 2.31. The first-order valence-electron chi connectivity index (χ1n) is 10.9. The average Bonchev–Trinajstić information content (AvgIpc) is 3.27. The van der Waals surface area contributed by atoms with Gasteiger partial charge >= 0.3 is 0 Å². The van der Waals surface area contributed by atoms with Gasteiger partial charge in [0.2, 0.25) is 0 Å². The lowest BCUT2D eigenvalue weighted by Gasteiger charge is -2.35. The van der Waals surface area contributed by atoms with Gasteiger partial charge in [-0.2, -0.15) is 0 Å². The van der Waals surface area contributed by atoms with Crippen LogP contribution in [0.3, 0.4) is 0 Å². The highest BCUT2D eigenvalue weighted by atomic mass is 32.1. The standard InChI is InChI=1S/C25H24FN3O2S/c1-2-29-21-11-6-4-9-18(21)23-19(24(29)30)14-22(32-23)25(31)28-13-7-12-27(16-28)15-17-8-3-5-10-20(17)26/h3-6,8-11,14H,2,7,12-13,15-16H2,1H3. The number of para-hydroxylation sites is 1. The zero-order valence-corrected chi connectivity index (χ0v) is 18.7. The summed E-state index contributed by atoms with van der Waals surface area (Å²) in [5.74, 6) is -0.296. The molecule has 2 aromatic carbocycles. The lowest BCUT2D eigenvalue weighted by Crippen LogP contribution is -2.47. The summed E-state index contributed by atoms with van der Waals surface area (Å²) in [4.78, 5) is 30.9. The fourth-order valence-corrected chi connectivity index (χ4v) is 5.66. The Balaban J connectivity index is 1.46. The first-order chi connectivity index (χ1) is 15.6. The molecule has 4 aromatic rings. The Morgan fingerprint density at radius 2 is 1.84 bits per heavy atom. The van der Waals surface area contributed by atoms with E-state index in [-0.39, 0.29) is 17.3 Å². The van der Waals surface area contributed by atoms with Gasteiger partial charge in [-0.05, 0) is 31.5 Å². The molecule has 0 radical (unpaired) electrons. The molecule has 0 aliphatic carbocycles. The van der Waals surface area contributed by atoms with Crippen molar-refractivity contribution < 1.29 is 9.18 Å². The average molecular weight is 450 g/mol. The first-order valence-corrected chi connectivity index (χ1v) is 11.7. The van der Waals surface area contributed by atoms with Crippen LogP contribution < -0.4 is 5.56 Å². The fraction of sp³-hybridized carbons (Fsp3) is 0.280. The van der Waals surface area contributed by atoms with Crippen LogP contribution in [-0.2, 0) is 13.1 Å². The van der Waals surface area contributed by atoms with Crippen molar-refractivity contribution in [2.75, 3.05) is 19.8 Å². The number of aryl methyl sites for hydroxylation is 1. The number of carbonyl (C=O) groups excluding carboxylic acids is 1. The SMILES string of the molecule is CCn1c(=O)c2cc(C(=O)N3CCCN(Cc4ccccc4F)C3)sc2c2ccccc21. The van der Waals surface area contributed by atoms with Gasteiger partial charge < -0.3 is 9.47 Å². The highest BCUT2D eigenvalue weighted by Gasteiger charge is 2.25. The molecule has 0 atom stereocenters. The molecule has 5 nitrogen and oxygen atoms in total. The van der Waals surface area contributed by atoms with Gasteiger partial charge in [0, 0.05) is 41.8 Å². The van der Waals surface area contributed by atoms with Gasteiger partial charge in [0.25, 0.3) is 11.5 Å². The third kappa shape index (κ3) is 3.61. The van der Waals surface area contributed by atoms with E-state index in [9.17, 15) is 14.0 Å². The molecule has 1 aliphatic rings. The molecule has 2 aromatic heterocycles. The lowest BCUT2D eigenvalue weighted by atomic mass is 10.1. The van der Waals surface area contributed by atoms with Gasteiger partial charge in [-0.3, -0.25) is 14.5 Å². The van der Waals surface area contributed by atoms with E-state index in [0.717, 1.165) is 28.6 Å². The largest absolute Gasteiger partial charge is 0.325 e. The summed E-state index contributed by atoms with van der Waals surface area (Å²) in [7, 11) is 0. The van der Waals surface area contributed by atoms with E-state index in [0.29, 0.717) is 42.1 Å². The van der Waals surface area contributed by atoms with Crippen molar-refractivity contribution in [1.29, 1.82) is 0 Å². The minimum absolute atomic E-state index is 0.0590. The van der Waals surface area contributed by atoms with Gasteiger partial charge in [-0.25, -0.2) is 4.39 Å². The molecule has 1 aliphatic heterocycles. The second-order valence-corrected chi connectivity index (χ2v) is 9.18. The molecule has 0 saturated carbocycles. The van der Waals surface area contributed by atoms with Crippen molar-refractivity contribution in [3.63, 3.8) is 0 Å². The topological polar surface area (TPSA) is 45.6 Å². The van der Waals surface area contributed by atoms with E-state index in [4.69, 9.17) is 0 Å². The molecule has 1 saturated heterocycles. The second kappa shape index (κ2) is 8.48. The van der Waals surface area contributed by atoms with Gasteiger partial charge in [0.1, 0.15) is 5.82 Å². The van der Waals surface area contributed by atoms with Crippen LogP contribution in [0.25, 0.3) is 21.0 Å². The molecule has 0 unspecified atom stereocenters. The van der Waals surface area contributed by atoms with Crippen LogP contribution in [0, 0.1) is 5.82 Å². The number of nitrogens with zero attached hydrogens (tertiary/aromatic N) is 3. The van der Waals surface area contributed by atoms with Crippen LogP contribution in [0.1, 0.15) is 28.6 Å². The monoisotopic (exact) mass is 449 g/mol. The second-order valence-electron chi connectivity index (χ2n) is 8.13. The third-order valence-corrected chi connectivity index (χ3v) is 7.24. The summed E-state index contributed by atoms with van der Waals surface area (Å²) in [6.45, 7) is 4.91. The quantitative estimate of drug-likeness (QED) is 0.454. The minimum atomic E-state index is -0.223. The number of pyridine rings is 1. The number of benzene rings is 2. The predicted octanol–water partition coefficient (Wildman–Crippen LogP) is 4.68. The molecular formula is C25H24FN3O2S. The smallest absolute Gasteiger partial charge is 0.265 e. The van der Waals surface area contributed by atoms with Crippen molar-refractivity contribution in [3.05, 3.63) is 81.2 Å². The molecule has 0 bridgehead atoms. The van der Waals surface area contributed by atoms with Gasteiger partial charge in [-0.1, -0.05) is 36.4 Å². The third-order valence-electron chi connectivity index (χ3n) is 6.09. The zero-order chi connectivity index (χ0) is 22.2. The fourth-order valence-electron chi connectivity index (χ4n) is 4.51. The number of amides is 1. The van der Waals surface area contributed by atoms with Crippen LogP contribution in [0.5, 0.6) is 0 Å². The summed E-state index contributed by atoms with van der Waals surface area (Å²) < 4.78 is 16.7. The van der Waals surface area contributed by atoms with Crippen molar-refractivity contribution in [1.82, 2.24) is 14.4 Å². The van der Waals surface area contributed by atoms with E-state index in [1.807, 2.05) is 37.3 Å². The molecule has 164 valence electrons. The number of fused-ring (bicyclic) bond motifs is 3. The molecule has 0 N–H and O–H groups in total. The maximum atomic E-state index is 14.1. The van der Waals surface area contributed by atoms with E-state index in [1.54, 1.807) is 27.7 Å². The minimum Gasteiger partial charge on any atom is -0.325 e. The van der Waals surface area contributed by atoms with Crippen LogP contribution in [0.15, 0.2) is 59.4 Å². The molecule has 1 fully saturated rings. The Morgan fingerprint density at radius 1 is 1.06 bits per heavy atom. The highest BCUT2D eigenvalue weighted by molar-refractivity contribution is 7.21. The van der Waals surface area contributed by atoms with Crippen LogP contribution in [0.2, 0.25) is 0 Å². The van der Waals surface area contributed by atoms with Gasteiger partial charge in [-0.15, -0.1) is 11.3 Å². The predicted molar refractivity (Wildman–Crippen MR) is 127 cm³/mol. The molecule has 5 rings (SSSR count). The van der Waals surface area contributed by atoms with E-state index >= 15 is 0 Å². The van der Waals surface area contributed by atoms with Crippen molar-refractivity contribution in [3.8, 4) is 0 Å². The Labute approximate surface area is 189 Å². The van der Waals surface area contributed by atoms with Crippen molar-refractivity contribution in [2.24, 2.45) is 0 Å². The van der Waals surface area contributed by atoms with E-state index in [2.05, 4.69) is 4.90 Å². The number of carbonyl (C=O) groups is 1. The molecular weight excluding hydrogens is 425 g/mol. The Hall–Kier alpha value is -3.03. The Bertz CT molecular complexity index is 1380. The normalized spacial score (nSPS) is 15.0. The van der Waals surface area contributed by atoms with E-state index < -0.39 is 0 Å². The van der Waals surface area contributed by atoms with Gasteiger partial charge in [0.05, 0.1) is 22.4 Å². The Kier molecular flexibility index (Phi) is 5.53. The summed E-state index contributed by atoms with van der Waals surface area (Å²) >= 11 is 1.39. The lowest BCUT2D eigenvalue weighted by molar-refractivity contribution is 0.0482. The molecule has 0 spiro atoms. The number of hydrogen-bond donors (Lipinski definition) is 0. The van der Waals surface area contributed by atoms with Crippen molar-refractivity contribution in [2.45, 2.75) is 26.4 Å². The number of halogens is 1. The number of aromatic nitrogens is 1. The zero-order valence-electron chi connectivity index (χ0n) is 17.9. The van der Waals surface area contributed by atoms with Gasteiger partial charge in [0.15, 0.2) is 0 Å². The first kappa shape index (κ1) is 20.8. The molecule has 32 heavy (non-hydrogen) atoms. The summed E-state index contributed by atoms with van der Waals surface area (Å²) in [6, 6.07) is 16.4. The maximum absolute atomic E-state index is 14.1. The number of rotatable bonds is 4. The summed E-state index contributed by atoms with van der Waals surface area (Å²) in [6.07, 6.45) is 0.830. The van der Waals surface area contributed by atoms with E-state index in [1.165, 1.54) is 17.4 Å².